The van der Waals surface area contributed by atoms with Gasteiger partial charge >= 0.3 is 0 Å². The molecule has 72 valence electrons. The van der Waals surface area contributed by atoms with E-state index in [1.54, 1.807) is 17.1 Å². The molecule has 0 atom stereocenters. The van der Waals surface area contributed by atoms with Crippen LogP contribution in [0.5, 0.6) is 0 Å². The van der Waals surface area contributed by atoms with Gasteiger partial charge in [-0.15, -0.1) is 0 Å². The molecule has 0 aromatic carbocycles. The predicted octanol–water partition coefficient (Wildman–Crippen LogP) is 1.55. The van der Waals surface area contributed by atoms with E-state index in [0.717, 1.165) is 10.1 Å². The van der Waals surface area contributed by atoms with Crippen molar-refractivity contribution in [1.29, 1.82) is 0 Å². The molecule has 5 heteroatoms. The fourth-order valence-electron chi connectivity index (χ4n) is 1.07. The van der Waals surface area contributed by atoms with E-state index < -0.39 is 0 Å². The van der Waals surface area contributed by atoms with E-state index in [9.17, 15) is 0 Å². The lowest BCUT2D eigenvalue weighted by molar-refractivity contribution is 0.738. The van der Waals surface area contributed by atoms with E-state index in [1.807, 2.05) is 25.2 Å². The van der Waals surface area contributed by atoms with Crippen LogP contribution in [0.15, 0.2) is 40.6 Å². The molecule has 0 aliphatic carbocycles. The lowest BCUT2D eigenvalue weighted by Crippen LogP contribution is -1.87. The molecule has 2 N–H and O–H groups in total. The Kier molecular flexibility index (Phi) is 2.41. The first-order valence-electron chi connectivity index (χ1n) is 4.14. The highest BCUT2D eigenvalue weighted by Crippen LogP contribution is 2.28. The van der Waals surface area contributed by atoms with Crippen molar-refractivity contribution >= 4 is 17.4 Å². The summed E-state index contributed by atoms with van der Waals surface area (Å²) in [6.07, 6.45) is 3.53. The number of rotatable bonds is 2. The molecule has 14 heavy (non-hydrogen) atoms. The maximum Gasteiger partial charge on any atom is 0.147 e. The van der Waals surface area contributed by atoms with Gasteiger partial charge in [0.2, 0.25) is 0 Å². The molecule has 0 fully saturated rings. The largest absolute Gasteiger partial charge is 0.395 e. The summed E-state index contributed by atoms with van der Waals surface area (Å²) in [5, 5.41) is 5.92. The molecule has 0 unspecified atom stereocenters. The fraction of sp³-hybridized carbons (Fsp3) is 0.111. The molecule has 2 rings (SSSR count). The van der Waals surface area contributed by atoms with Gasteiger partial charge in [-0.2, -0.15) is 5.10 Å². The number of aryl methyl sites for hydroxylation is 1. The third-order valence-corrected chi connectivity index (χ3v) is 2.62. The zero-order valence-corrected chi connectivity index (χ0v) is 8.53. The fourth-order valence-corrected chi connectivity index (χ4v) is 1.87. The Morgan fingerprint density at radius 2 is 2.29 bits per heavy atom. The molecule has 2 aromatic heterocycles. The Labute approximate surface area is 86.1 Å². The third kappa shape index (κ3) is 1.88. The number of nitrogens with two attached hydrogens (primary N) is 1. The minimum atomic E-state index is 0.683. The van der Waals surface area contributed by atoms with Crippen LogP contribution in [0.4, 0.5) is 5.69 Å². The van der Waals surface area contributed by atoms with E-state index in [2.05, 4.69) is 10.1 Å². The number of hydrogen-bond donors (Lipinski definition) is 1. The van der Waals surface area contributed by atoms with Gasteiger partial charge in [0.15, 0.2) is 0 Å². The Morgan fingerprint density at radius 3 is 2.86 bits per heavy atom. The van der Waals surface area contributed by atoms with Crippen molar-refractivity contribution in [2.24, 2.45) is 7.05 Å². The number of hydrogen-bond acceptors (Lipinski definition) is 4. The van der Waals surface area contributed by atoms with E-state index in [0.29, 0.717) is 5.69 Å². The van der Waals surface area contributed by atoms with Crippen LogP contribution >= 0.6 is 11.8 Å². The second kappa shape index (κ2) is 3.71. The number of anilines is 1. The minimum absolute atomic E-state index is 0.683. The zero-order chi connectivity index (χ0) is 9.97. The van der Waals surface area contributed by atoms with Gasteiger partial charge in [-0.25, -0.2) is 4.98 Å². The molecular weight excluding hydrogens is 196 g/mol. The van der Waals surface area contributed by atoms with Crippen LogP contribution in [0, 0.1) is 0 Å². The lowest BCUT2D eigenvalue weighted by Gasteiger charge is -1.96. The van der Waals surface area contributed by atoms with Gasteiger partial charge in [-0.05, 0) is 23.9 Å². The summed E-state index contributed by atoms with van der Waals surface area (Å²) in [7, 11) is 1.85. The van der Waals surface area contributed by atoms with Crippen molar-refractivity contribution in [1.82, 2.24) is 14.8 Å². The van der Waals surface area contributed by atoms with Crippen molar-refractivity contribution in [3.05, 3.63) is 30.6 Å². The third-order valence-electron chi connectivity index (χ3n) is 1.66. The van der Waals surface area contributed by atoms with Gasteiger partial charge in [0.05, 0.1) is 5.69 Å². The molecule has 0 aliphatic rings. The van der Waals surface area contributed by atoms with Crippen LogP contribution in [0.1, 0.15) is 0 Å². The smallest absolute Gasteiger partial charge is 0.147 e. The van der Waals surface area contributed by atoms with Gasteiger partial charge in [0.25, 0.3) is 0 Å². The van der Waals surface area contributed by atoms with Gasteiger partial charge in [-0.3, -0.25) is 4.68 Å². The van der Waals surface area contributed by atoms with E-state index in [-0.39, 0.29) is 0 Å². The van der Waals surface area contributed by atoms with E-state index >= 15 is 0 Å². The summed E-state index contributed by atoms with van der Waals surface area (Å²) >= 11 is 1.47. The summed E-state index contributed by atoms with van der Waals surface area (Å²) < 4.78 is 1.70. The summed E-state index contributed by atoms with van der Waals surface area (Å²) in [6.45, 7) is 0. The second-order valence-corrected chi connectivity index (χ2v) is 3.84. The summed E-state index contributed by atoms with van der Waals surface area (Å²) in [5.74, 6) is 0. The van der Waals surface area contributed by atoms with Gasteiger partial charge in [0.1, 0.15) is 10.1 Å². The zero-order valence-electron chi connectivity index (χ0n) is 7.71. The van der Waals surface area contributed by atoms with Crippen LogP contribution in [-0.4, -0.2) is 14.8 Å². The molecule has 0 aliphatic heterocycles. The number of aromatic nitrogens is 3. The SMILES string of the molecule is Cn1cc(N)c(Sc2ccccn2)n1. The Bertz CT molecular complexity index is 424. The van der Waals surface area contributed by atoms with Crippen LogP contribution in [0.3, 0.4) is 0 Å². The molecule has 2 heterocycles. The molecule has 4 nitrogen and oxygen atoms in total. The average molecular weight is 206 g/mol. The second-order valence-electron chi connectivity index (χ2n) is 2.83. The summed E-state index contributed by atoms with van der Waals surface area (Å²) in [6, 6.07) is 5.75. The van der Waals surface area contributed by atoms with Crippen molar-refractivity contribution in [2.75, 3.05) is 5.73 Å². The summed E-state index contributed by atoms with van der Waals surface area (Å²) in [5.41, 5.74) is 6.44. The van der Waals surface area contributed by atoms with E-state index in [4.69, 9.17) is 5.73 Å². The molecule has 2 aromatic rings. The Balaban J connectivity index is 2.23. The quantitative estimate of drug-likeness (QED) is 0.810. The van der Waals surface area contributed by atoms with Gasteiger partial charge < -0.3 is 5.73 Å². The maximum atomic E-state index is 5.76. The first kappa shape index (κ1) is 9.08. The first-order chi connectivity index (χ1) is 6.75. The van der Waals surface area contributed by atoms with Crippen molar-refractivity contribution in [3.63, 3.8) is 0 Å². The van der Waals surface area contributed by atoms with Gasteiger partial charge in [-0.1, -0.05) is 6.07 Å². The number of nitrogens with zero attached hydrogens (tertiary/aromatic N) is 3. The molecule has 0 radical (unpaired) electrons. The van der Waals surface area contributed by atoms with Crippen molar-refractivity contribution in [2.45, 2.75) is 10.1 Å². The molecular formula is C9H10N4S. The van der Waals surface area contributed by atoms with Crippen LogP contribution < -0.4 is 5.73 Å². The van der Waals surface area contributed by atoms with E-state index in [1.165, 1.54) is 11.8 Å². The van der Waals surface area contributed by atoms with Crippen LogP contribution in [0.25, 0.3) is 0 Å². The first-order valence-corrected chi connectivity index (χ1v) is 4.95. The maximum absolute atomic E-state index is 5.76. The summed E-state index contributed by atoms with van der Waals surface area (Å²) in [4.78, 5) is 4.18. The molecule has 0 amide bonds. The minimum Gasteiger partial charge on any atom is -0.395 e. The van der Waals surface area contributed by atoms with Crippen molar-refractivity contribution < 1.29 is 0 Å². The molecule has 0 saturated heterocycles. The Morgan fingerprint density at radius 1 is 1.43 bits per heavy atom. The average Bonchev–Trinajstić information content (AvgIpc) is 2.47. The predicted molar refractivity (Wildman–Crippen MR) is 56.0 cm³/mol. The topological polar surface area (TPSA) is 56.7 Å². The highest BCUT2D eigenvalue weighted by molar-refractivity contribution is 7.99. The highest BCUT2D eigenvalue weighted by atomic mass is 32.2. The monoisotopic (exact) mass is 206 g/mol. The van der Waals surface area contributed by atoms with Crippen molar-refractivity contribution in [3.8, 4) is 0 Å². The van der Waals surface area contributed by atoms with Gasteiger partial charge in [0, 0.05) is 19.4 Å². The lowest BCUT2D eigenvalue weighted by atomic mass is 10.5. The molecule has 0 saturated carbocycles. The number of nitrogen functional groups attached to an aromatic ring is 1. The normalized spacial score (nSPS) is 10.4. The Hall–Kier alpha value is -1.49. The molecule has 0 spiro atoms. The number of pyridine rings is 1. The standard InChI is InChI=1S/C9H10N4S/c1-13-6-7(10)9(12-13)14-8-4-2-3-5-11-8/h2-6H,10H2,1H3. The van der Waals surface area contributed by atoms with Crippen LogP contribution in [0.2, 0.25) is 0 Å². The van der Waals surface area contributed by atoms with Crippen LogP contribution in [-0.2, 0) is 7.05 Å². The highest BCUT2D eigenvalue weighted by Gasteiger charge is 2.06. The molecule has 0 bridgehead atoms.